The average Bonchev–Trinajstić information content (AvgIpc) is 3.13. The van der Waals surface area contributed by atoms with Gasteiger partial charge in [-0.1, -0.05) is 72.1 Å². The van der Waals surface area contributed by atoms with Crippen LogP contribution in [0.2, 0.25) is 0 Å². The van der Waals surface area contributed by atoms with Gasteiger partial charge in [-0.2, -0.15) is 0 Å². The molecule has 0 saturated carbocycles. The maximum Gasteiger partial charge on any atom is 0.241 e. The van der Waals surface area contributed by atoms with Gasteiger partial charge in [0.2, 0.25) is 6.71 Å². The molecule has 0 saturated heterocycles. The second-order valence-electron chi connectivity index (χ2n) is 14.1. The third-order valence-electron chi connectivity index (χ3n) is 10.2. The molecule has 2 aliphatic heterocycles. The molecule has 2 aliphatic rings. The van der Waals surface area contributed by atoms with Crippen molar-refractivity contribution in [3.8, 4) is 56.6 Å². The van der Waals surface area contributed by atoms with E-state index in [2.05, 4.69) is 120 Å². The van der Waals surface area contributed by atoms with Crippen molar-refractivity contribution in [2.45, 2.75) is 48.5 Å². The Labute approximate surface area is 326 Å². The van der Waals surface area contributed by atoms with E-state index >= 15 is 0 Å². The van der Waals surface area contributed by atoms with Crippen LogP contribution in [-0.4, -0.2) is 16.7 Å². The van der Waals surface area contributed by atoms with Gasteiger partial charge in [0.05, 0.1) is 0 Å². The molecule has 6 heteroatoms. The molecule has 0 unspecified atom stereocenters. The predicted octanol–water partition coefficient (Wildman–Crippen LogP) is 9.65. The average molecular weight is 867 g/mol. The molecular weight excluding hydrogens is 828 g/mol. The van der Waals surface area contributed by atoms with Crippen molar-refractivity contribution < 1.29 is 29.6 Å². The molecule has 0 bridgehead atoms. The molecule has 263 valence electrons. The Hall–Kier alpha value is -5.29. The zero-order valence-corrected chi connectivity index (χ0v) is 33.4. The smallest absolute Gasteiger partial charge is 0.241 e. The maximum atomic E-state index is 6.58. The molecule has 0 fully saturated rings. The first-order chi connectivity index (χ1) is 25.2. The van der Waals surface area contributed by atoms with E-state index in [1.165, 1.54) is 44.5 Å². The van der Waals surface area contributed by atoms with Gasteiger partial charge in [-0.25, -0.2) is 0 Å². The Bertz CT molecular complexity index is 2490. The number of aryl methyl sites for hydroxylation is 7. The van der Waals surface area contributed by atoms with Gasteiger partial charge >= 0.3 is 0 Å². The number of hydrogen-bond acceptors (Lipinski definition) is 4. The largest absolute Gasteiger partial charge is 0.503 e. The van der Waals surface area contributed by atoms with E-state index in [-0.39, 0.29) is 26.8 Å². The summed E-state index contributed by atoms with van der Waals surface area (Å²) in [5, 5.41) is 0. The molecule has 0 amide bonds. The van der Waals surface area contributed by atoms with Crippen molar-refractivity contribution in [2.75, 3.05) is 0 Å². The number of ether oxygens (including phenoxy) is 2. The molecule has 5 aromatic carbocycles. The fourth-order valence-corrected chi connectivity index (χ4v) is 7.53. The summed E-state index contributed by atoms with van der Waals surface area (Å²) in [7, 11) is 0. The first kappa shape index (κ1) is 36.1. The Kier molecular flexibility index (Phi) is 9.96. The SMILES string of the molecule is Cc1c[c-]c(-c2cc(C)c(C)cn2)cc1.Cc1cc(C)c(-c2cnc(-c3[c-]ccc4c3Oc3cccc5c3B4c3ccccc3O5)cc2C)c(C)c1.[Ir]. The second-order valence-corrected chi connectivity index (χ2v) is 14.1. The standard InChI is InChI=1S/C33H25BNO2.C14H14N.Ir/c1-19-15-21(3)31(22(4)16-19)24-18-35-27(17-20(24)2)23-9-7-11-26-33(23)37-30-14-8-13-29-32(30)34(26)25-10-5-6-12-28(25)36-29;1-10-4-6-13(7-5-10)14-8-11(2)12(3)9-15-14;/h5-8,10-18H,1-4H3;4-6,8-9H,1-3H3;/q2*-1;. The molecule has 4 heterocycles. The summed E-state index contributed by atoms with van der Waals surface area (Å²) in [6.07, 6.45) is 3.92. The predicted molar refractivity (Wildman–Crippen MR) is 213 cm³/mol. The molecule has 0 aliphatic carbocycles. The van der Waals surface area contributed by atoms with Gasteiger partial charge in [-0.05, 0) is 104 Å². The molecule has 4 nitrogen and oxygen atoms in total. The van der Waals surface area contributed by atoms with Crippen molar-refractivity contribution >= 4 is 23.1 Å². The Morgan fingerprint density at radius 3 is 1.98 bits per heavy atom. The Balaban J connectivity index is 0.000000229. The minimum atomic E-state index is 0. The Morgan fingerprint density at radius 2 is 1.26 bits per heavy atom. The molecule has 0 N–H and O–H groups in total. The first-order valence-electron chi connectivity index (χ1n) is 17.8. The zero-order chi connectivity index (χ0) is 36.1. The number of benzene rings is 5. The van der Waals surface area contributed by atoms with Gasteiger partial charge in [0.1, 0.15) is 17.2 Å². The van der Waals surface area contributed by atoms with Crippen LogP contribution in [0.3, 0.4) is 0 Å². The number of pyridine rings is 2. The maximum absolute atomic E-state index is 6.58. The first-order valence-corrected chi connectivity index (χ1v) is 17.8. The van der Waals surface area contributed by atoms with Gasteiger partial charge in [0, 0.05) is 49.3 Å². The minimum Gasteiger partial charge on any atom is -0.503 e. The summed E-state index contributed by atoms with van der Waals surface area (Å²) in [6.45, 7) is 14.9. The molecule has 2 aromatic heterocycles. The van der Waals surface area contributed by atoms with Crippen LogP contribution in [0.15, 0.2) is 109 Å². The summed E-state index contributed by atoms with van der Waals surface area (Å²) in [5.41, 5.74) is 18.3. The summed E-state index contributed by atoms with van der Waals surface area (Å²) in [6, 6.07) is 40.0. The van der Waals surface area contributed by atoms with Crippen LogP contribution in [0.5, 0.6) is 23.0 Å². The molecule has 53 heavy (non-hydrogen) atoms. The van der Waals surface area contributed by atoms with Crippen LogP contribution in [-0.2, 0) is 20.1 Å². The van der Waals surface area contributed by atoms with E-state index in [1.54, 1.807) is 0 Å². The molecular formula is C47H39BIrN2O2-2. The number of hydrogen-bond donors (Lipinski definition) is 0. The summed E-state index contributed by atoms with van der Waals surface area (Å²) >= 11 is 0. The monoisotopic (exact) mass is 867 g/mol. The van der Waals surface area contributed by atoms with Gasteiger partial charge < -0.3 is 19.4 Å². The van der Waals surface area contributed by atoms with Crippen LogP contribution >= 0.6 is 0 Å². The van der Waals surface area contributed by atoms with Crippen molar-refractivity contribution in [1.29, 1.82) is 0 Å². The normalized spacial score (nSPS) is 11.8. The molecule has 1 radical (unpaired) electrons. The summed E-state index contributed by atoms with van der Waals surface area (Å²) in [5.74, 6) is 3.38. The third-order valence-corrected chi connectivity index (χ3v) is 10.2. The van der Waals surface area contributed by atoms with Crippen molar-refractivity contribution in [3.63, 3.8) is 0 Å². The molecule has 7 aromatic rings. The summed E-state index contributed by atoms with van der Waals surface area (Å²) < 4.78 is 12.8. The zero-order valence-electron chi connectivity index (χ0n) is 31.0. The summed E-state index contributed by atoms with van der Waals surface area (Å²) in [4.78, 5) is 9.35. The number of fused-ring (bicyclic) bond motifs is 4. The van der Waals surface area contributed by atoms with E-state index < -0.39 is 0 Å². The van der Waals surface area contributed by atoms with Crippen molar-refractivity contribution in [3.05, 3.63) is 161 Å². The molecule has 9 rings (SSSR count). The van der Waals surface area contributed by atoms with Gasteiger partial charge in [-0.3, -0.25) is 0 Å². The van der Waals surface area contributed by atoms with Crippen LogP contribution in [0, 0.1) is 60.6 Å². The van der Waals surface area contributed by atoms with Crippen LogP contribution in [0.25, 0.3) is 33.6 Å². The van der Waals surface area contributed by atoms with Gasteiger partial charge in [-0.15, -0.1) is 59.1 Å². The number of para-hydroxylation sites is 1. The van der Waals surface area contributed by atoms with Crippen LogP contribution in [0.1, 0.15) is 38.9 Å². The Morgan fingerprint density at radius 1 is 0.566 bits per heavy atom. The van der Waals surface area contributed by atoms with Gasteiger partial charge in [0.25, 0.3) is 0 Å². The number of aromatic nitrogens is 2. The van der Waals surface area contributed by atoms with E-state index in [1.807, 2.05) is 54.9 Å². The fourth-order valence-electron chi connectivity index (χ4n) is 7.53. The van der Waals surface area contributed by atoms with E-state index in [4.69, 9.17) is 14.5 Å². The number of rotatable bonds is 3. The van der Waals surface area contributed by atoms with Crippen molar-refractivity contribution in [1.82, 2.24) is 9.97 Å². The quantitative estimate of drug-likeness (QED) is 0.131. The van der Waals surface area contributed by atoms with E-state index in [0.29, 0.717) is 0 Å². The second kappa shape index (κ2) is 14.6. The molecule has 0 spiro atoms. The third kappa shape index (κ3) is 6.74. The van der Waals surface area contributed by atoms with E-state index in [9.17, 15) is 0 Å². The molecule has 0 atom stereocenters. The van der Waals surface area contributed by atoms with E-state index in [0.717, 1.165) is 67.5 Å². The van der Waals surface area contributed by atoms with Gasteiger partial charge in [0.15, 0.2) is 0 Å². The van der Waals surface area contributed by atoms with Crippen LogP contribution < -0.4 is 25.9 Å². The fraction of sp³-hybridized carbons (Fsp3) is 0.149. The minimum absolute atomic E-state index is 0. The topological polar surface area (TPSA) is 44.2 Å². The number of nitrogens with zero attached hydrogens (tertiary/aromatic N) is 2. The van der Waals surface area contributed by atoms with Crippen molar-refractivity contribution in [2.24, 2.45) is 0 Å². The van der Waals surface area contributed by atoms with Crippen LogP contribution in [0.4, 0.5) is 0 Å².